The normalized spacial score (nSPS) is 16.5. The minimum absolute atomic E-state index is 0.204. The molecule has 1 N–H and O–H groups in total. The molecular formula is C17H22F3NO. The summed E-state index contributed by atoms with van der Waals surface area (Å²) in [6, 6.07) is 3.64. The van der Waals surface area contributed by atoms with Crippen LogP contribution in [0, 0.1) is 12.8 Å². The van der Waals surface area contributed by atoms with Gasteiger partial charge in [0.15, 0.2) is 0 Å². The summed E-state index contributed by atoms with van der Waals surface area (Å²) in [6.07, 6.45) is 2.84. The van der Waals surface area contributed by atoms with Gasteiger partial charge in [-0.15, -0.1) is 0 Å². The highest BCUT2D eigenvalue weighted by Crippen LogP contribution is 2.32. The molecule has 1 fully saturated rings. The lowest BCUT2D eigenvalue weighted by atomic mass is 9.86. The summed E-state index contributed by atoms with van der Waals surface area (Å²) < 4.78 is 38.3. The zero-order valence-electron chi connectivity index (χ0n) is 12.8. The van der Waals surface area contributed by atoms with Gasteiger partial charge in [-0.05, 0) is 43.0 Å². The SMILES string of the molecule is Cc1cc(NC(=O)CCC2CCCCC2)cc(C(F)(F)F)c1. The van der Waals surface area contributed by atoms with Gasteiger partial charge in [0.25, 0.3) is 0 Å². The standard InChI is InChI=1S/C17H22F3NO/c1-12-9-14(17(18,19)20)11-15(10-12)21-16(22)8-7-13-5-3-2-4-6-13/h9-11,13H,2-8H2,1H3,(H,21,22). The number of aryl methyl sites for hydroxylation is 1. The number of hydrogen-bond donors (Lipinski definition) is 1. The summed E-state index contributed by atoms with van der Waals surface area (Å²) in [4.78, 5) is 11.9. The molecule has 0 bridgehead atoms. The molecule has 0 aliphatic heterocycles. The predicted octanol–water partition coefficient (Wildman–Crippen LogP) is 5.31. The summed E-state index contributed by atoms with van der Waals surface area (Å²) in [5.41, 5.74) is -0.0199. The number of anilines is 1. The minimum Gasteiger partial charge on any atom is -0.326 e. The zero-order valence-corrected chi connectivity index (χ0v) is 12.8. The van der Waals surface area contributed by atoms with E-state index in [1.54, 1.807) is 13.0 Å². The number of amides is 1. The molecule has 0 unspecified atom stereocenters. The van der Waals surface area contributed by atoms with E-state index < -0.39 is 11.7 Å². The van der Waals surface area contributed by atoms with Gasteiger partial charge in [-0.2, -0.15) is 13.2 Å². The fraction of sp³-hybridized carbons (Fsp3) is 0.588. The summed E-state index contributed by atoms with van der Waals surface area (Å²) in [7, 11) is 0. The van der Waals surface area contributed by atoms with Gasteiger partial charge in [-0.25, -0.2) is 0 Å². The van der Waals surface area contributed by atoms with Gasteiger partial charge in [-0.1, -0.05) is 32.1 Å². The Morgan fingerprint density at radius 2 is 1.86 bits per heavy atom. The van der Waals surface area contributed by atoms with Gasteiger partial charge >= 0.3 is 6.18 Å². The third-order valence-corrected chi connectivity index (χ3v) is 4.19. The van der Waals surface area contributed by atoms with Gasteiger partial charge in [0.05, 0.1) is 5.56 Å². The molecule has 1 amide bonds. The van der Waals surface area contributed by atoms with Crippen LogP contribution in [-0.2, 0) is 11.0 Å². The number of carbonyl (C=O) groups excluding carboxylic acids is 1. The van der Waals surface area contributed by atoms with Crippen LogP contribution in [0.15, 0.2) is 18.2 Å². The van der Waals surface area contributed by atoms with E-state index in [4.69, 9.17) is 0 Å². The minimum atomic E-state index is -4.40. The quantitative estimate of drug-likeness (QED) is 0.801. The smallest absolute Gasteiger partial charge is 0.326 e. The van der Waals surface area contributed by atoms with Gasteiger partial charge in [0, 0.05) is 12.1 Å². The first-order valence-electron chi connectivity index (χ1n) is 7.83. The van der Waals surface area contributed by atoms with E-state index in [2.05, 4.69) is 5.32 Å². The number of alkyl halides is 3. The van der Waals surface area contributed by atoms with Gasteiger partial charge in [0.2, 0.25) is 5.91 Å². The number of halogens is 3. The Hall–Kier alpha value is -1.52. The molecule has 0 spiro atoms. The number of benzene rings is 1. The maximum absolute atomic E-state index is 12.8. The number of nitrogens with one attached hydrogen (secondary N) is 1. The van der Waals surface area contributed by atoms with E-state index in [1.807, 2.05) is 0 Å². The molecule has 2 nitrogen and oxygen atoms in total. The maximum Gasteiger partial charge on any atom is 0.416 e. The van der Waals surface area contributed by atoms with Crippen LogP contribution in [0.1, 0.15) is 56.1 Å². The first-order valence-corrected chi connectivity index (χ1v) is 7.83. The lowest BCUT2D eigenvalue weighted by Crippen LogP contribution is -2.15. The van der Waals surface area contributed by atoms with Gasteiger partial charge in [0.1, 0.15) is 0 Å². The molecule has 0 atom stereocenters. The Bertz CT molecular complexity index is 519. The van der Waals surface area contributed by atoms with E-state index in [9.17, 15) is 18.0 Å². The largest absolute Gasteiger partial charge is 0.416 e. The molecule has 0 radical (unpaired) electrons. The lowest BCUT2D eigenvalue weighted by Gasteiger charge is -2.21. The zero-order chi connectivity index (χ0) is 16.2. The Balaban J connectivity index is 1.92. The summed E-state index contributed by atoms with van der Waals surface area (Å²) in [5, 5.41) is 2.60. The van der Waals surface area contributed by atoms with Crippen LogP contribution in [0.25, 0.3) is 0 Å². The highest BCUT2D eigenvalue weighted by atomic mass is 19.4. The third-order valence-electron chi connectivity index (χ3n) is 4.19. The van der Waals surface area contributed by atoms with Crippen LogP contribution in [0.2, 0.25) is 0 Å². The second-order valence-electron chi connectivity index (χ2n) is 6.18. The summed E-state index contributed by atoms with van der Waals surface area (Å²) in [6.45, 7) is 1.59. The molecule has 2 rings (SSSR count). The molecule has 5 heteroatoms. The van der Waals surface area contributed by atoms with E-state index in [0.29, 0.717) is 17.9 Å². The van der Waals surface area contributed by atoms with Gasteiger partial charge in [-0.3, -0.25) is 4.79 Å². The predicted molar refractivity (Wildman–Crippen MR) is 80.6 cm³/mol. The number of hydrogen-bond acceptors (Lipinski definition) is 1. The van der Waals surface area contributed by atoms with E-state index in [1.165, 1.54) is 19.3 Å². The van der Waals surface area contributed by atoms with Crippen LogP contribution in [0.3, 0.4) is 0 Å². The van der Waals surface area contributed by atoms with Crippen LogP contribution in [0.4, 0.5) is 18.9 Å². The summed E-state index contributed by atoms with van der Waals surface area (Å²) >= 11 is 0. The van der Waals surface area contributed by atoms with Crippen molar-refractivity contribution < 1.29 is 18.0 Å². The van der Waals surface area contributed by atoms with Crippen LogP contribution in [0.5, 0.6) is 0 Å². The first-order chi connectivity index (χ1) is 10.3. The van der Waals surface area contributed by atoms with Gasteiger partial charge < -0.3 is 5.32 Å². The third kappa shape index (κ3) is 5.04. The summed E-state index contributed by atoms with van der Waals surface area (Å²) in [5.74, 6) is 0.382. The molecule has 1 aliphatic rings. The van der Waals surface area contributed by atoms with Crippen LogP contribution < -0.4 is 5.32 Å². The van der Waals surface area contributed by atoms with E-state index in [-0.39, 0.29) is 11.6 Å². The van der Waals surface area contributed by atoms with Crippen LogP contribution >= 0.6 is 0 Å². The molecule has 0 aromatic heterocycles. The lowest BCUT2D eigenvalue weighted by molar-refractivity contribution is -0.137. The number of carbonyl (C=O) groups is 1. The Morgan fingerprint density at radius 1 is 1.18 bits per heavy atom. The molecule has 1 aliphatic carbocycles. The molecule has 1 saturated carbocycles. The van der Waals surface area contributed by atoms with Crippen molar-refractivity contribution in [1.29, 1.82) is 0 Å². The highest BCUT2D eigenvalue weighted by Gasteiger charge is 2.31. The monoisotopic (exact) mass is 313 g/mol. The highest BCUT2D eigenvalue weighted by molar-refractivity contribution is 5.90. The van der Waals surface area contributed by atoms with Crippen molar-refractivity contribution in [3.63, 3.8) is 0 Å². The van der Waals surface area contributed by atoms with E-state index >= 15 is 0 Å². The van der Waals surface area contributed by atoms with Crippen molar-refractivity contribution in [2.45, 2.75) is 58.0 Å². The molecule has 0 heterocycles. The second-order valence-corrected chi connectivity index (χ2v) is 6.18. The Kier molecular flexibility index (Phi) is 5.48. The fourth-order valence-electron chi connectivity index (χ4n) is 3.05. The van der Waals surface area contributed by atoms with Crippen molar-refractivity contribution in [3.05, 3.63) is 29.3 Å². The van der Waals surface area contributed by atoms with E-state index in [0.717, 1.165) is 31.4 Å². The molecule has 122 valence electrons. The Morgan fingerprint density at radius 3 is 2.50 bits per heavy atom. The molecule has 0 saturated heterocycles. The topological polar surface area (TPSA) is 29.1 Å². The molecular weight excluding hydrogens is 291 g/mol. The molecule has 1 aromatic carbocycles. The van der Waals surface area contributed by atoms with Crippen molar-refractivity contribution in [1.82, 2.24) is 0 Å². The fourth-order valence-corrected chi connectivity index (χ4v) is 3.05. The van der Waals surface area contributed by atoms with Crippen molar-refractivity contribution in [3.8, 4) is 0 Å². The molecule has 22 heavy (non-hydrogen) atoms. The Labute approximate surface area is 129 Å². The number of rotatable bonds is 4. The van der Waals surface area contributed by atoms with Crippen molar-refractivity contribution >= 4 is 11.6 Å². The average Bonchev–Trinajstić information content (AvgIpc) is 2.45. The molecule has 1 aromatic rings. The maximum atomic E-state index is 12.8. The first kappa shape index (κ1) is 16.8. The van der Waals surface area contributed by atoms with Crippen LogP contribution in [-0.4, -0.2) is 5.91 Å². The van der Waals surface area contributed by atoms with Crippen molar-refractivity contribution in [2.24, 2.45) is 5.92 Å². The average molecular weight is 313 g/mol. The second kappa shape index (κ2) is 7.16. The van der Waals surface area contributed by atoms with Crippen molar-refractivity contribution in [2.75, 3.05) is 5.32 Å².